The van der Waals surface area contributed by atoms with Crippen molar-refractivity contribution in [2.24, 2.45) is 0 Å². The lowest BCUT2D eigenvalue weighted by Gasteiger charge is -2.40. The highest BCUT2D eigenvalue weighted by Gasteiger charge is 2.39. The zero-order valence-electron chi connectivity index (χ0n) is 29.8. The largest absolute Gasteiger partial charge is 0.489 e. The maximum atomic E-state index is 11.7. The zero-order chi connectivity index (χ0) is 34.6. The second-order valence-electron chi connectivity index (χ2n) is 14.1. The molecule has 256 valence electrons. The predicted octanol–water partition coefficient (Wildman–Crippen LogP) is 9.23. The minimum atomic E-state index is -2.16. The Morgan fingerprint density at radius 3 is 1.83 bits per heavy atom. The van der Waals surface area contributed by atoms with Crippen molar-refractivity contribution in [1.29, 1.82) is 0 Å². The first kappa shape index (κ1) is 36.9. The quantitative estimate of drug-likeness (QED) is 0.0895. The van der Waals surface area contributed by atoms with E-state index in [-0.39, 0.29) is 23.2 Å². The Morgan fingerprint density at radius 1 is 0.750 bits per heavy atom. The van der Waals surface area contributed by atoms with Crippen LogP contribution in [-0.2, 0) is 40.0 Å². The molecule has 0 spiro atoms. The molecule has 0 aliphatic rings. The number of carbonyl (C=O) groups excluding carboxylic acids is 1. The van der Waals surface area contributed by atoms with E-state index in [1.807, 2.05) is 42.5 Å². The van der Waals surface area contributed by atoms with Gasteiger partial charge < -0.3 is 24.0 Å². The Hall–Kier alpha value is -3.91. The van der Waals surface area contributed by atoms with Gasteiger partial charge in [0.1, 0.15) is 24.7 Å². The van der Waals surface area contributed by atoms with Gasteiger partial charge in [-0.05, 0) is 77.8 Å². The Morgan fingerprint density at radius 2 is 1.29 bits per heavy atom. The van der Waals surface area contributed by atoms with Crippen LogP contribution in [-0.4, -0.2) is 34.0 Å². The molecule has 1 N–H and O–H groups in total. The minimum Gasteiger partial charge on any atom is -0.489 e. The van der Waals surface area contributed by atoms with Gasteiger partial charge in [0.05, 0.1) is 13.2 Å². The average molecular weight is 668 g/mol. The van der Waals surface area contributed by atoms with Crippen molar-refractivity contribution < 1.29 is 23.4 Å². The summed E-state index contributed by atoms with van der Waals surface area (Å²) in [6.45, 7) is 15.2. The van der Waals surface area contributed by atoms with Crippen LogP contribution in [0.2, 0.25) is 18.1 Å². The molecule has 0 aliphatic heterocycles. The highest BCUT2D eigenvalue weighted by atomic mass is 28.4. The predicted molar refractivity (Wildman–Crippen MR) is 197 cm³/mol. The molecule has 4 aromatic rings. The molecule has 6 nitrogen and oxygen atoms in total. The van der Waals surface area contributed by atoms with Gasteiger partial charge >= 0.3 is 5.97 Å². The summed E-state index contributed by atoms with van der Waals surface area (Å²) in [5.41, 5.74) is 5.60. The lowest BCUT2D eigenvalue weighted by molar-refractivity contribution is -0.140. The summed E-state index contributed by atoms with van der Waals surface area (Å²) in [6, 6.07) is 35.2. The third kappa shape index (κ3) is 11.7. The number of hydrogen-bond donors (Lipinski definition) is 1. The molecule has 0 fully saturated rings. The fraction of sp³-hybridized carbons (Fsp3) is 0.390. The fourth-order valence-electron chi connectivity index (χ4n) is 5.18. The molecule has 0 aromatic heterocycles. The Kier molecular flexibility index (Phi) is 13.4. The van der Waals surface area contributed by atoms with Crippen molar-refractivity contribution >= 4 is 14.3 Å². The minimum absolute atomic E-state index is 0.0373. The van der Waals surface area contributed by atoms with Crippen LogP contribution in [0.15, 0.2) is 103 Å². The van der Waals surface area contributed by atoms with E-state index < -0.39 is 8.32 Å². The van der Waals surface area contributed by atoms with Crippen LogP contribution in [0.1, 0.15) is 68.0 Å². The molecule has 0 unspecified atom stereocenters. The Labute approximate surface area is 288 Å². The third-order valence-corrected chi connectivity index (χ3v) is 13.5. The van der Waals surface area contributed by atoms with E-state index in [9.17, 15) is 4.79 Å². The molecule has 0 heterocycles. The lowest BCUT2D eigenvalue weighted by Crippen LogP contribution is -2.44. The number of methoxy groups -OCH3 is 1. The standard InChI is InChI=1S/C41H53NO5Si/c1-31(23-35-20-14-19-32(24-35)21-22-40(43)44-5)42-28-39(47-48(6,7)41(2,3)4)36-25-37(45-29-33-15-10-8-11-16-33)27-38(26-36)46-30-34-17-12-9-13-18-34/h8-20,24-27,31,39,42H,21-23,28-30H2,1-7H3/t31-,39+/m1/s1. The van der Waals surface area contributed by atoms with Gasteiger partial charge in [0.2, 0.25) is 0 Å². The van der Waals surface area contributed by atoms with Crippen molar-refractivity contribution in [2.75, 3.05) is 13.7 Å². The molecular formula is C41H53NO5Si. The summed E-state index contributed by atoms with van der Waals surface area (Å²) >= 11 is 0. The normalized spacial score (nSPS) is 13.1. The number of rotatable bonds is 17. The van der Waals surface area contributed by atoms with Gasteiger partial charge in [0.25, 0.3) is 0 Å². The molecule has 7 heteroatoms. The highest BCUT2D eigenvalue weighted by molar-refractivity contribution is 6.74. The molecule has 0 saturated heterocycles. The molecule has 0 amide bonds. The van der Waals surface area contributed by atoms with Crippen molar-refractivity contribution in [3.05, 3.63) is 131 Å². The topological polar surface area (TPSA) is 66.0 Å². The summed E-state index contributed by atoms with van der Waals surface area (Å²) in [5, 5.41) is 3.82. The maximum absolute atomic E-state index is 11.7. The van der Waals surface area contributed by atoms with E-state index in [1.54, 1.807) is 0 Å². The first-order valence-electron chi connectivity index (χ1n) is 17.0. The van der Waals surface area contributed by atoms with Crippen LogP contribution in [0.3, 0.4) is 0 Å². The molecule has 0 bridgehead atoms. The molecule has 48 heavy (non-hydrogen) atoms. The van der Waals surface area contributed by atoms with Crippen LogP contribution in [0, 0.1) is 0 Å². The first-order chi connectivity index (χ1) is 22.9. The molecule has 4 aromatic carbocycles. The van der Waals surface area contributed by atoms with Gasteiger partial charge in [-0.3, -0.25) is 4.79 Å². The van der Waals surface area contributed by atoms with E-state index in [1.165, 1.54) is 12.7 Å². The second kappa shape index (κ2) is 17.5. The fourth-order valence-corrected chi connectivity index (χ4v) is 6.47. The summed E-state index contributed by atoms with van der Waals surface area (Å²) in [4.78, 5) is 11.7. The van der Waals surface area contributed by atoms with Crippen LogP contribution in [0.4, 0.5) is 0 Å². The van der Waals surface area contributed by atoms with Gasteiger partial charge in [-0.1, -0.05) is 106 Å². The molecule has 2 atom stereocenters. The zero-order valence-corrected chi connectivity index (χ0v) is 30.8. The summed E-state index contributed by atoms with van der Waals surface area (Å²) in [5.74, 6) is 1.31. The summed E-state index contributed by atoms with van der Waals surface area (Å²) in [6.07, 6.45) is 1.69. The van der Waals surface area contributed by atoms with Gasteiger partial charge in [0, 0.05) is 25.1 Å². The van der Waals surface area contributed by atoms with Gasteiger partial charge in [-0.2, -0.15) is 0 Å². The third-order valence-electron chi connectivity index (χ3n) is 9.04. The smallest absolute Gasteiger partial charge is 0.305 e. The second-order valence-corrected chi connectivity index (χ2v) is 18.8. The van der Waals surface area contributed by atoms with Gasteiger partial charge in [-0.25, -0.2) is 0 Å². The van der Waals surface area contributed by atoms with Gasteiger partial charge in [-0.15, -0.1) is 0 Å². The monoisotopic (exact) mass is 667 g/mol. The molecule has 0 radical (unpaired) electrons. The SMILES string of the molecule is COC(=O)CCc1cccc(C[C@@H](C)NC[C@H](O[Si](C)(C)C(C)(C)C)c2cc(OCc3ccccc3)cc(OCc3ccccc3)c2)c1. The number of hydrogen-bond acceptors (Lipinski definition) is 6. The van der Waals surface area contributed by atoms with E-state index in [0.717, 1.165) is 40.2 Å². The van der Waals surface area contributed by atoms with E-state index >= 15 is 0 Å². The van der Waals surface area contributed by atoms with Crippen molar-refractivity contribution in [3.8, 4) is 11.5 Å². The van der Waals surface area contributed by atoms with Crippen LogP contribution in [0.5, 0.6) is 11.5 Å². The van der Waals surface area contributed by atoms with E-state index in [2.05, 4.69) is 107 Å². The van der Waals surface area contributed by atoms with Crippen molar-refractivity contribution in [3.63, 3.8) is 0 Å². The number of esters is 1. The number of carbonyl (C=O) groups is 1. The average Bonchev–Trinajstić information content (AvgIpc) is 3.07. The highest BCUT2D eigenvalue weighted by Crippen LogP contribution is 2.40. The van der Waals surface area contributed by atoms with E-state index in [0.29, 0.717) is 32.6 Å². The molecular weight excluding hydrogens is 615 g/mol. The summed E-state index contributed by atoms with van der Waals surface area (Å²) in [7, 11) is -0.731. The number of benzene rings is 4. The number of aryl methyl sites for hydroxylation is 1. The van der Waals surface area contributed by atoms with E-state index in [4.69, 9.17) is 18.6 Å². The van der Waals surface area contributed by atoms with Crippen molar-refractivity contribution in [2.45, 2.75) is 90.4 Å². The van der Waals surface area contributed by atoms with Crippen LogP contribution in [0.25, 0.3) is 0 Å². The molecule has 0 saturated carbocycles. The summed E-state index contributed by atoms with van der Waals surface area (Å²) < 4.78 is 24.7. The van der Waals surface area contributed by atoms with Gasteiger partial charge in [0.15, 0.2) is 8.32 Å². The molecule has 4 rings (SSSR count). The number of nitrogens with one attached hydrogen (secondary N) is 1. The Bertz CT molecular complexity index is 1510. The van der Waals surface area contributed by atoms with Crippen LogP contribution < -0.4 is 14.8 Å². The lowest BCUT2D eigenvalue weighted by atomic mass is 10.0. The van der Waals surface area contributed by atoms with Crippen molar-refractivity contribution in [1.82, 2.24) is 5.32 Å². The van der Waals surface area contributed by atoms with Crippen LogP contribution >= 0.6 is 0 Å². The maximum Gasteiger partial charge on any atom is 0.305 e. The molecule has 0 aliphatic carbocycles. The first-order valence-corrected chi connectivity index (χ1v) is 19.9. The number of ether oxygens (including phenoxy) is 3. The Balaban J connectivity index is 1.56.